The number of fused-ring (bicyclic) bond motifs is 1. The van der Waals surface area contributed by atoms with Crippen molar-refractivity contribution in [3.8, 4) is 0 Å². The zero-order valence-electron chi connectivity index (χ0n) is 17.6. The lowest BCUT2D eigenvalue weighted by atomic mass is 9.91. The van der Waals surface area contributed by atoms with Crippen molar-refractivity contribution in [1.29, 1.82) is 0 Å². The van der Waals surface area contributed by atoms with Gasteiger partial charge in [0.25, 0.3) is 10.0 Å². The maximum atomic E-state index is 14.3. The van der Waals surface area contributed by atoms with Crippen LogP contribution >= 0.6 is 11.6 Å². The van der Waals surface area contributed by atoms with Gasteiger partial charge in [-0.25, -0.2) is 12.8 Å². The number of hydrogen-bond acceptors (Lipinski definition) is 2. The molecule has 1 aliphatic heterocycles. The van der Waals surface area contributed by atoms with E-state index < -0.39 is 10.0 Å². The molecule has 0 bridgehead atoms. The third-order valence-electron chi connectivity index (χ3n) is 6.02. The van der Waals surface area contributed by atoms with Crippen molar-refractivity contribution in [2.45, 2.75) is 50.5 Å². The summed E-state index contributed by atoms with van der Waals surface area (Å²) in [6, 6.07) is 17.1. The van der Waals surface area contributed by atoms with Gasteiger partial charge in [0.1, 0.15) is 5.82 Å². The monoisotopic (exact) mass is 457 g/mol. The Morgan fingerprint density at radius 1 is 1.06 bits per heavy atom. The Kier molecular flexibility index (Phi) is 6.09. The van der Waals surface area contributed by atoms with Crippen molar-refractivity contribution in [2.24, 2.45) is 0 Å². The zero-order valence-corrected chi connectivity index (χ0v) is 19.2. The third kappa shape index (κ3) is 4.35. The van der Waals surface area contributed by atoms with Gasteiger partial charge >= 0.3 is 0 Å². The van der Waals surface area contributed by atoms with Crippen LogP contribution in [0.5, 0.6) is 0 Å². The van der Waals surface area contributed by atoms with E-state index in [1.165, 1.54) is 6.07 Å². The fraction of sp³-hybridized carbons (Fsp3) is 0.280. The van der Waals surface area contributed by atoms with E-state index in [0.29, 0.717) is 29.8 Å². The molecule has 0 aliphatic carbocycles. The highest BCUT2D eigenvalue weighted by atomic mass is 35.5. The maximum Gasteiger partial charge on any atom is 0.264 e. The van der Waals surface area contributed by atoms with Crippen LogP contribution in [0.15, 0.2) is 65.6 Å². The standard InChI is InChI=1S/C25H25ClFNO2S/c1-17-6-13-22(14-7-17)31(29,30)28-21(11-9-19-8-10-20(26)16-24(19)27)12-15-23-18(2)4-3-5-25(23)28/h3-8,10,13-14,16,21H,9,11-12,15H2,1-2H3. The van der Waals surface area contributed by atoms with E-state index in [2.05, 4.69) is 0 Å². The summed E-state index contributed by atoms with van der Waals surface area (Å²) in [4.78, 5) is 0.273. The number of aryl methyl sites for hydroxylation is 3. The molecule has 6 heteroatoms. The summed E-state index contributed by atoms with van der Waals surface area (Å²) in [5.41, 5.74) is 4.43. The first-order valence-electron chi connectivity index (χ1n) is 10.4. The van der Waals surface area contributed by atoms with E-state index >= 15 is 0 Å². The molecular formula is C25H25ClFNO2S. The first kappa shape index (κ1) is 21.8. The molecule has 4 rings (SSSR count). The highest BCUT2D eigenvalue weighted by Gasteiger charge is 2.36. The molecule has 0 amide bonds. The SMILES string of the molecule is Cc1ccc(S(=O)(=O)N2c3cccc(C)c3CCC2CCc2ccc(Cl)cc2F)cc1. The molecule has 3 nitrogen and oxygen atoms in total. The summed E-state index contributed by atoms with van der Waals surface area (Å²) in [5, 5.41) is 0.354. The smallest absolute Gasteiger partial charge is 0.263 e. The molecule has 1 heterocycles. The van der Waals surface area contributed by atoms with E-state index in [9.17, 15) is 12.8 Å². The number of benzene rings is 3. The molecule has 1 aliphatic rings. The van der Waals surface area contributed by atoms with Crippen LogP contribution in [0, 0.1) is 19.7 Å². The topological polar surface area (TPSA) is 37.4 Å². The van der Waals surface area contributed by atoms with Crippen LogP contribution in [0.3, 0.4) is 0 Å². The lowest BCUT2D eigenvalue weighted by molar-refractivity contribution is 0.516. The van der Waals surface area contributed by atoms with Crippen LogP contribution in [0.4, 0.5) is 10.1 Å². The molecule has 0 spiro atoms. The molecule has 0 aromatic heterocycles. The molecule has 0 saturated heterocycles. The normalized spacial score (nSPS) is 16.3. The Morgan fingerprint density at radius 2 is 1.81 bits per heavy atom. The van der Waals surface area contributed by atoms with Crippen molar-refractivity contribution >= 4 is 27.3 Å². The number of nitrogens with zero attached hydrogens (tertiary/aromatic N) is 1. The lowest BCUT2D eigenvalue weighted by Crippen LogP contribution is -2.44. The Hall–Kier alpha value is -2.37. The molecular weight excluding hydrogens is 433 g/mol. The number of rotatable bonds is 5. The summed E-state index contributed by atoms with van der Waals surface area (Å²) in [6.07, 6.45) is 2.46. The van der Waals surface area contributed by atoms with E-state index in [1.807, 2.05) is 44.2 Å². The number of sulfonamides is 1. The van der Waals surface area contributed by atoms with Gasteiger partial charge in [-0.2, -0.15) is 0 Å². The lowest BCUT2D eigenvalue weighted by Gasteiger charge is -2.38. The molecule has 0 fully saturated rings. The van der Waals surface area contributed by atoms with Gasteiger partial charge < -0.3 is 0 Å². The molecule has 0 N–H and O–H groups in total. The average molecular weight is 458 g/mol. The van der Waals surface area contributed by atoms with Gasteiger partial charge in [-0.05, 0) is 86.6 Å². The summed E-state index contributed by atoms with van der Waals surface area (Å²) >= 11 is 5.87. The Morgan fingerprint density at radius 3 is 2.52 bits per heavy atom. The summed E-state index contributed by atoms with van der Waals surface area (Å²) in [7, 11) is -3.76. The van der Waals surface area contributed by atoms with Gasteiger partial charge in [0.15, 0.2) is 0 Å². The Bertz CT molecular complexity index is 1210. The van der Waals surface area contributed by atoms with Gasteiger partial charge in [0, 0.05) is 11.1 Å². The van der Waals surface area contributed by atoms with E-state index in [4.69, 9.17) is 11.6 Å². The maximum absolute atomic E-state index is 14.3. The van der Waals surface area contributed by atoms with Crippen LogP contribution in [0.25, 0.3) is 0 Å². The van der Waals surface area contributed by atoms with Crippen LogP contribution < -0.4 is 4.31 Å². The molecule has 0 saturated carbocycles. The Balaban J connectivity index is 1.72. The van der Waals surface area contributed by atoms with Crippen LogP contribution in [-0.4, -0.2) is 14.5 Å². The third-order valence-corrected chi connectivity index (χ3v) is 8.14. The van der Waals surface area contributed by atoms with E-state index in [1.54, 1.807) is 28.6 Å². The van der Waals surface area contributed by atoms with Crippen LogP contribution in [-0.2, 0) is 22.9 Å². The molecule has 1 atom stereocenters. The number of halogens is 2. The summed E-state index contributed by atoms with van der Waals surface area (Å²) in [5.74, 6) is -0.354. The van der Waals surface area contributed by atoms with Gasteiger partial charge in [-0.1, -0.05) is 47.5 Å². The van der Waals surface area contributed by atoms with Crippen LogP contribution in [0.2, 0.25) is 5.02 Å². The average Bonchev–Trinajstić information content (AvgIpc) is 2.73. The van der Waals surface area contributed by atoms with Gasteiger partial charge in [-0.3, -0.25) is 4.31 Å². The van der Waals surface area contributed by atoms with E-state index in [0.717, 1.165) is 28.8 Å². The molecule has 31 heavy (non-hydrogen) atoms. The molecule has 3 aromatic carbocycles. The van der Waals surface area contributed by atoms with Gasteiger partial charge in [0.2, 0.25) is 0 Å². The fourth-order valence-corrected chi connectivity index (χ4v) is 6.20. The molecule has 162 valence electrons. The predicted molar refractivity (Wildman–Crippen MR) is 124 cm³/mol. The van der Waals surface area contributed by atoms with Crippen molar-refractivity contribution in [3.63, 3.8) is 0 Å². The summed E-state index contributed by atoms with van der Waals surface area (Å²) < 4.78 is 43.4. The summed E-state index contributed by atoms with van der Waals surface area (Å²) in [6.45, 7) is 3.94. The van der Waals surface area contributed by atoms with Crippen molar-refractivity contribution < 1.29 is 12.8 Å². The minimum atomic E-state index is -3.76. The fourth-order valence-electron chi connectivity index (χ4n) is 4.30. The largest absolute Gasteiger partial charge is 0.264 e. The highest BCUT2D eigenvalue weighted by Crippen LogP contribution is 2.38. The highest BCUT2D eigenvalue weighted by molar-refractivity contribution is 7.92. The molecule has 1 unspecified atom stereocenters. The predicted octanol–water partition coefficient (Wildman–Crippen LogP) is 6.24. The van der Waals surface area contributed by atoms with Crippen LogP contribution in [0.1, 0.15) is 35.1 Å². The van der Waals surface area contributed by atoms with Gasteiger partial charge in [0.05, 0.1) is 10.6 Å². The first-order valence-corrected chi connectivity index (χ1v) is 12.2. The zero-order chi connectivity index (χ0) is 22.2. The second-order valence-corrected chi connectivity index (χ2v) is 10.4. The second kappa shape index (κ2) is 8.64. The Labute approximate surface area is 188 Å². The van der Waals surface area contributed by atoms with E-state index in [-0.39, 0.29) is 16.8 Å². The van der Waals surface area contributed by atoms with Gasteiger partial charge in [-0.15, -0.1) is 0 Å². The minimum absolute atomic E-state index is 0.254. The molecule has 3 aromatic rings. The molecule has 0 radical (unpaired) electrons. The number of hydrogen-bond donors (Lipinski definition) is 0. The van der Waals surface area contributed by atoms with Crippen molar-refractivity contribution in [1.82, 2.24) is 0 Å². The first-order chi connectivity index (χ1) is 14.8. The second-order valence-electron chi connectivity index (χ2n) is 8.15. The number of anilines is 1. The minimum Gasteiger partial charge on any atom is -0.263 e. The quantitative estimate of drug-likeness (QED) is 0.454. The van der Waals surface area contributed by atoms with Crippen molar-refractivity contribution in [3.05, 3.63) is 93.8 Å². The van der Waals surface area contributed by atoms with Crippen molar-refractivity contribution in [2.75, 3.05) is 4.31 Å².